The Morgan fingerprint density at radius 1 is 1.47 bits per heavy atom. The number of carbonyl (C=O) groups excluding carboxylic acids is 1. The van der Waals surface area contributed by atoms with Gasteiger partial charge in [0.15, 0.2) is 0 Å². The first-order valence-corrected chi connectivity index (χ1v) is 5.80. The predicted octanol–water partition coefficient (Wildman–Crippen LogP) is 1.29. The first kappa shape index (κ1) is 13.2. The Balaban J connectivity index is 2.34. The molecule has 0 radical (unpaired) electrons. The fourth-order valence-corrected chi connectivity index (χ4v) is 1.81. The number of nitrogens with zero attached hydrogens (tertiary/aromatic N) is 2. The highest BCUT2D eigenvalue weighted by Crippen LogP contribution is 2.14. The van der Waals surface area contributed by atoms with Crippen molar-refractivity contribution in [2.24, 2.45) is 5.84 Å². The number of aromatic nitrogens is 2. The normalized spacial score (nSPS) is 10.5. The Hall–Kier alpha value is -2.21. The third-order valence-corrected chi connectivity index (χ3v) is 3.12. The zero-order valence-corrected chi connectivity index (χ0v) is 10.8. The van der Waals surface area contributed by atoms with E-state index in [-0.39, 0.29) is 5.82 Å². The molecule has 0 saturated heterocycles. The van der Waals surface area contributed by atoms with Gasteiger partial charge in [0, 0.05) is 16.8 Å². The highest BCUT2D eigenvalue weighted by atomic mass is 19.1. The molecule has 3 N–H and O–H groups in total. The summed E-state index contributed by atoms with van der Waals surface area (Å²) in [6.45, 7) is 4.13. The van der Waals surface area contributed by atoms with Crippen LogP contribution >= 0.6 is 0 Å². The van der Waals surface area contributed by atoms with E-state index in [1.807, 2.05) is 23.8 Å². The molecule has 19 heavy (non-hydrogen) atoms. The molecule has 100 valence electrons. The minimum Gasteiger partial charge on any atom is -0.330 e. The number of nitrogens with one attached hydrogen (secondary N) is 1. The number of hydrogen-bond donors (Lipinski definition) is 2. The number of carbonyl (C=O) groups is 1. The van der Waals surface area contributed by atoms with Crippen LogP contribution in [0.15, 0.2) is 24.5 Å². The van der Waals surface area contributed by atoms with E-state index < -0.39 is 5.91 Å². The Morgan fingerprint density at radius 3 is 2.79 bits per heavy atom. The largest absolute Gasteiger partial charge is 0.330 e. The number of hydrazine groups is 1. The number of nitrogen functional groups attached to an aromatic ring is 1. The van der Waals surface area contributed by atoms with Gasteiger partial charge in [0.1, 0.15) is 5.82 Å². The molecule has 5 nitrogen and oxygen atoms in total. The quantitative estimate of drug-likeness (QED) is 0.497. The number of aryl methyl sites for hydroxylation is 1. The maximum Gasteiger partial charge on any atom is 0.265 e. The third-order valence-electron chi connectivity index (χ3n) is 3.12. The third kappa shape index (κ3) is 2.63. The van der Waals surface area contributed by atoms with Crippen LogP contribution < -0.4 is 11.3 Å². The molecule has 0 fully saturated rings. The van der Waals surface area contributed by atoms with E-state index >= 15 is 0 Å². The summed E-state index contributed by atoms with van der Waals surface area (Å²) < 4.78 is 15.6. The van der Waals surface area contributed by atoms with E-state index in [9.17, 15) is 9.18 Å². The van der Waals surface area contributed by atoms with Crippen molar-refractivity contribution in [3.63, 3.8) is 0 Å². The van der Waals surface area contributed by atoms with E-state index in [2.05, 4.69) is 4.98 Å². The average molecular weight is 262 g/mol. The zero-order valence-electron chi connectivity index (χ0n) is 10.8. The number of nitrogens with two attached hydrogens (primary N) is 1. The summed E-state index contributed by atoms with van der Waals surface area (Å²) >= 11 is 0. The van der Waals surface area contributed by atoms with Gasteiger partial charge in [0.25, 0.3) is 5.91 Å². The van der Waals surface area contributed by atoms with E-state index in [1.54, 1.807) is 6.33 Å². The minimum atomic E-state index is -0.445. The summed E-state index contributed by atoms with van der Waals surface area (Å²) in [5.74, 6) is 4.26. The summed E-state index contributed by atoms with van der Waals surface area (Å²) in [4.78, 5) is 15.6. The first-order chi connectivity index (χ1) is 9.02. The van der Waals surface area contributed by atoms with Crippen molar-refractivity contribution < 1.29 is 9.18 Å². The van der Waals surface area contributed by atoms with E-state index in [4.69, 9.17) is 5.84 Å². The summed E-state index contributed by atoms with van der Waals surface area (Å²) in [6.07, 6.45) is 1.65. The van der Waals surface area contributed by atoms with Crippen molar-refractivity contribution in [2.75, 3.05) is 0 Å². The highest BCUT2D eigenvalue weighted by molar-refractivity contribution is 5.93. The second kappa shape index (κ2) is 5.19. The Bertz CT molecular complexity index is 621. The number of halogens is 1. The molecule has 2 aromatic rings. The molecule has 0 bridgehead atoms. The lowest BCUT2D eigenvalue weighted by molar-refractivity contribution is 0.0953. The van der Waals surface area contributed by atoms with Crippen LogP contribution in [0.25, 0.3) is 0 Å². The second-order valence-electron chi connectivity index (χ2n) is 4.32. The molecule has 1 heterocycles. The van der Waals surface area contributed by atoms with E-state index in [0.717, 1.165) is 11.4 Å². The van der Waals surface area contributed by atoms with E-state index in [1.165, 1.54) is 18.2 Å². The smallest absolute Gasteiger partial charge is 0.265 e. The molecule has 2 rings (SSSR count). The molecule has 6 heteroatoms. The summed E-state index contributed by atoms with van der Waals surface area (Å²) in [5.41, 5.74) is 4.64. The number of imidazole rings is 1. The molecule has 1 aromatic heterocycles. The molecule has 1 amide bonds. The van der Waals surface area contributed by atoms with Crippen LogP contribution in [0.4, 0.5) is 4.39 Å². The topological polar surface area (TPSA) is 72.9 Å². The highest BCUT2D eigenvalue weighted by Gasteiger charge is 2.10. The average Bonchev–Trinajstić information content (AvgIpc) is 2.72. The first-order valence-electron chi connectivity index (χ1n) is 5.80. The Labute approximate surface area is 110 Å². The van der Waals surface area contributed by atoms with Crippen LogP contribution in [0.2, 0.25) is 0 Å². The second-order valence-corrected chi connectivity index (χ2v) is 4.32. The summed E-state index contributed by atoms with van der Waals surface area (Å²) in [6, 6.07) is 4.15. The molecule has 0 aliphatic heterocycles. The van der Waals surface area contributed by atoms with Crippen molar-refractivity contribution >= 4 is 5.91 Å². The van der Waals surface area contributed by atoms with Crippen molar-refractivity contribution in [1.82, 2.24) is 15.0 Å². The zero-order chi connectivity index (χ0) is 14.0. The fourth-order valence-electron chi connectivity index (χ4n) is 1.81. The minimum absolute atomic E-state index is 0.324. The van der Waals surface area contributed by atoms with Crippen molar-refractivity contribution in [3.05, 3.63) is 52.9 Å². The summed E-state index contributed by atoms with van der Waals surface area (Å²) in [7, 11) is 0. The van der Waals surface area contributed by atoms with Crippen LogP contribution in [-0.4, -0.2) is 15.5 Å². The number of amides is 1. The fraction of sp³-hybridized carbons (Fsp3) is 0.231. The molecule has 0 unspecified atom stereocenters. The molecule has 1 aromatic carbocycles. The van der Waals surface area contributed by atoms with Crippen molar-refractivity contribution in [3.8, 4) is 0 Å². The number of rotatable bonds is 3. The lowest BCUT2D eigenvalue weighted by Gasteiger charge is -2.08. The summed E-state index contributed by atoms with van der Waals surface area (Å²) in [5, 5.41) is 0. The Kier molecular flexibility index (Phi) is 3.62. The standard InChI is InChI=1S/C13H15FN4O/c1-8-9(2)18(7-16-8)6-11-5-10(13(19)17-15)3-4-12(11)14/h3-5,7H,6,15H2,1-2H3,(H,17,19). The monoisotopic (exact) mass is 262 g/mol. The molecule has 0 aliphatic carbocycles. The van der Waals surface area contributed by atoms with Gasteiger partial charge in [-0.1, -0.05) is 0 Å². The molecule has 0 aliphatic rings. The van der Waals surface area contributed by atoms with Gasteiger partial charge >= 0.3 is 0 Å². The van der Waals surface area contributed by atoms with E-state index in [0.29, 0.717) is 17.7 Å². The number of hydrogen-bond acceptors (Lipinski definition) is 3. The van der Waals surface area contributed by atoms with Crippen molar-refractivity contribution in [1.29, 1.82) is 0 Å². The van der Waals surface area contributed by atoms with Crippen LogP contribution in [0.1, 0.15) is 27.3 Å². The van der Waals surface area contributed by atoms with Crippen LogP contribution in [0.5, 0.6) is 0 Å². The van der Waals surface area contributed by atoms with Gasteiger partial charge in [-0.15, -0.1) is 0 Å². The van der Waals surface area contributed by atoms with Gasteiger partial charge < -0.3 is 4.57 Å². The lowest BCUT2D eigenvalue weighted by Crippen LogP contribution is -2.30. The molecular formula is C13H15FN4O. The van der Waals surface area contributed by atoms with Gasteiger partial charge in [0.05, 0.1) is 18.6 Å². The molecule has 0 spiro atoms. The van der Waals surface area contributed by atoms with Crippen LogP contribution in [0.3, 0.4) is 0 Å². The van der Waals surface area contributed by atoms with Gasteiger partial charge in [-0.2, -0.15) is 0 Å². The molecule has 0 saturated carbocycles. The predicted molar refractivity (Wildman–Crippen MR) is 68.9 cm³/mol. The molecular weight excluding hydrogens is 247 g/mol. The van der Waals surface area contributed by atoms with Crippen LogP contribution in [-0.2, 0) is 6.54 Å². The van der Waals surface area contributed by atoms with Gasteiger partial charge in [0.2, 0.25) is 0 Å². The van der Waals surface area contributed by atoms with Crippen LogP contribution in [0, 0.1) is 19.7 Å². The Morgan fingerprint density at radius 2 is 2.21 bits per heavy atom. The van der Waals surface area contributed by atoms with Gasteiger partial charge in [-0.25, -0.2) is 15.2 Å². The van der Waals surface area contributed by atoms with Gasteiger partial charge in [-0.05, 0) is 32.0 Å². The maximum atomic E-state index is 13.8. The number of benzene rings is 1. The molecule has 0 atom stereocenters. The lowest BCUT2D eigenvalue weighted by atomic mass is 10.1. The SMILES string of the molecule is Cc1ncn(Cc2cc(C(=O)NN)ccc2F)c1C. The maximum absolute atomic E-state index is 13.8. The van der Waals surface area contributed by atoms with Crippen molar-refractivity contribution in [2.45, 2.75) is 20.4 Å². The van der Waals surface area contributed by atoms with Gasteiger partial charge in [-0.3, -0.25) is 10.2 Å².